The van der Waals surface area contributed by atoms with E-state index in [-0.39, 0.29) is 0 Å². The third kappa shape index (κ3) is 9.69. The molecule has 2 unspecified atom stereocenters. The fourth-order valence-corrected chi connectivity index (χ4v) is 7.01. The van der Waals surface area contributed by atoms with Crippen molar-refractivity contribution in [2.45, 2.75) is 49.1 Å². The minimum absolute atomic E-state index is 0.394. The van der Waals surface area contributed by atoms with Gasteiger partial charge in [-0.25, -0.2) is 23.3 Å². The van der Waals surface area contributed by atoms with Crippen LogP contribution >= 0.6 is 23.5 Å². The van der Waals surface area contributed by atoms with E-state index in [1.807, 2.05) is 4.98 Å². The number of phosphoric acid groups is 3. The number of aliphatic hydroxyl groups excluding tert-OH is 6. The molecule has 266 valence electrons. The molecule has 4 rings (SSSR count). The number of nitrogens with one attached hydrogen (secondary N) is 2. The van der Waals surface area contributed by atoms with Crippen molar-refractivity contribution in [3.63, 3.8) is 0 Å². The van der Waals surface area contributed by atoms with Gasteiger partial charge in [-0.05, 0) is 0 Å². The Hall–Kier alpha value is -2.71. The molecule has 2 aliphatic rings. The molecule has 29 heteroatoms. The summed E-state index contributed by atoms with van der Waals surface area (Å²) in [6.45, 7) is -1.24. The van der Waals surface area contributed by atoms with Crippen LogP contribution in [-0.4, -0.2) is 119 Å². The maximum absolute atomic E-state index is 11.9. The van der Waals surface area contributed by atoms with Crippen LogP contribution < -0.4 is 27.0 Å². The summed E-state index contributed by atoms with van der Waals surface area (Å²) in [5, 5.41) is 56.8. The molecule has 47 heavy (non-hydrogen) atoms. The summed E-state index contributed by atoms with van der Waals surface area (Å²) < 4.78 is 56.4. The number of rotatable bonds is 10. The second-order valence-corrected chi connectivity index (χ2v) is 13.7. The number of ether oxygens (including phenoxy) is 2. The highest BCUT2D eigenvalue weighted by molar-refractivity contribution is 7.66. The van der Waals surface area contributed by atoms with Crippen molar-refractivity contribution in [2.75, 3.05) is 13.2 Å². The van der Waals surface area contributed by atoms with Crippen molar-refractivity contribution >= 4 is 23.5 Å². The molecular weight excluding hydrogens is 717 g/mol. The highest BCUT2D eigenvalue weighted by Gasteiger charge is 2.46. The van der Waals surface area contributed by atoms with Gasteiger partial charge in [-0.1, -0.05) is 0 Å². The molecule has 26 nitrogen and oxygen atoms in total. The Morgan fingerprint density at radius 1 is 0.723 bits per heavy atom. The zero-order chi connectivity index (χ0) is 35.6. The molecule has 10 atom stereocenters. The normalized spacial score (nSPS) is 30.2. The summed E-state index contributed by atoms with van der Waals surface area (Å²) in [6.07, 6.45) is -9.66. The predicted octanol–water partition coefficient (Wildman–Crippen LogP) is -6.00. The van der Waals surface area contributed by atoms with E-state index in [1.165, 1.54) is 0 Å². The third-order valence-electron chi connectivity index (χ3n) is 6.00. The molecule has 12 N–H and O–H groups in total. The zero-order valence-electron chi connectivity index (χ0n) is 22.9. The molecule has 2 aromatic rings. The number of H-pyrrole nitrogens is 2. The molecule has 0 radical (unpaired) electrons. The first-order chi connectivity index (χ1) is 21.6. The van der Waals surface area contributed by atoms with Crippen LogP contribution in [-0.2, 0) is 31.8 Å². The fraction of sp³-hybridized carbons (Fsp3) is 0.556. The number of hydrogen-bond donors (Lipinski definition) is 12. The molecule has 0 bridgehead atoms. The van der Waals surface area contributed by atoms with Gasteiger partial charge < -0.3 is 59.3 Å². The van der Waals surface area contributed by atoms with Crippen molar-refractivity contribution in [3.8, 4) is 5.75 Å². The molecule has 0 aromatic carbocycles. The quantitative estimate of drug-likeness (QED) is 0.101. The lowest BCUT2D eigenvalue weighted by atomic mass is 10.1. The zero-order valence-corrected chi connectivity index (χ0v) is 25.6. The monoisotopic (exact) mass is 744 g/mol. The molecule has 2 aromatic heterocycles. The number of aromatic amines is 2. The topological polar surface area (TPSA) is 409 Å². The van der Waals surface area contributed by atoms with E-state index in [2.05, 4.69) is 13.1 Å². The molecule has 0 amide bonds. The molecule has 0 spiro atoms. The van der Waals surface area contributed by atoms with Crippen LogP contribution in [0.4, 0.5) is 0 Å². The van der Waals surface area contributed by atoms with Gasteiger partial charge in [0, 0.05) is 12.3 Å². The first-order valence-electron chi connectivity index (χ1n) is 12.3. The second kappa shape index (κ2) is 14.8. The third-order valence-corrected chi connectivity index (χ3v) is 9.75. The smallest absolute Gasteiger partial charge is 0.396 e. The fourth-order valence-electron chi connectivity index (χ4n) is 3.99. The van der Waals surface area contributed by atoms with Crippen LogP contribution in [0, 0.1) is 0 Å². The summed E-state index contributed by atoms with van der Waals surface area (Å²) in [4.78, 5) is 85.1. The van der Waals surface area contributed by atoms with Crippen molar-refractivity contribution in [2.24, 2.45) is 0 Å². The highest BCUT2D eigenvalue weighted by Crippen LogP contribution is 2.65. The predicted molar refractivity (Wildman–Crippen MR) is 143 cm³/mol. The standard InChI is InChI=1S/C9H15N2O16P3.C9H12N2O6/c12-2-4-5(13)6(14)8(24-4)11-1-3(7(15)10-9(11)16)25-29(20,21)27-30(22,23)26-28(17,18)19;12-3-4-6(14)7(15)8(17-4)11-2-1-5(13)10-9(11)16/h1,4-6,8,12-14H,2H2,(H,20,21)(H,22,23)(H,10,15,16)(H2,17,18,19);1-2,4,6-8,12,14-15H,3H2,(H,10,13,16)/t4-,5-,6-,8-;4-,6-,7-,8-/m11/s1. The molecule has 4 heterocycles. The van der Waals surface area contributed by atoms with E-state index >= 15 is 0 Å². The Balaban J connectivity index is 0.000000297. The van der Waals surface area contributed by atoms with Crippen LogP contribution in [0.25, 0.3) is 0 Å². The molecule has 2 fully saturated rings. The molecule has 2 saturated heterocycles. The van der Waals surface area contributed by atoms with Crippen molar-refractivity contribution in [3.05, 3.63) is 60.1 Å². The summed E-state index contributed by atoms with van der Waals surface area (Å²) in [5.41, 5.74) is -4.05. The number of aromatic nitrogens is 4. The van der Waals surface area contributed by atoms with Gasteiger partial charge in [0.15, 0.2) is 12.5 Å². The Morgan fingerprint density at radius 2 is 1.21 bits per heavy atom. The van der Waals surface area contributed by atoms with Gasteiger partial charge in [0.2, 0.25) is 5.75 Å². The highest BCUT2D eigenvalue weighted by atomic mass is 31.3. The Labute approximate surface area is 257 Å². The molecule has 0 aliphatic carbocycles. The van der Waals surface area contributed by atoms with Gasteiger partial charge in [0.25, 0.3) is 11.1 Å². The van der Waals surface area contributed by atoms with Crippen molar-refractivity contribution in [1.82, 2.24) is 19.1 Å². The summed E-state index contributed by atoms with van der Waals surface area (Å²) >= 11 is 0. The lowest BCUT2D eigenvalue weighted by molar-refractivity contribution is -0.0552. The Morgan fingerprint density at radius 3 is 1.66 bits per heavy atom. The van der Waals surface area contributed by atoms with E-state index in [0.717, 1.165) is 16.8 Å². The van der Waals surface area contributed by atoms with E-state index in [4.69, 9.17) is 34.4 Å². The number of phosphoric ester groups is 1. The molecular formula is C18H27N4O22P3. The Bertz CT molecular complexity index is 1800. The van der Waals surface area contributed by atoms with Gasteiger partial charge in [0.05, 0.1) is 19.4 Å². The van der Waals surface area contributed by atoms with Crippen LogP contribution in [0.5, 0.6) is 5.75 Å². The SMILES string of the molecule is O=c1[nH]c(=O)n([C@@H]2O[C@H](CO)[C@@H](O)[C@H]2O)cc1OP(=O)(O)OP(=O)(O)OP(=O)(O)O.O=c1ccn([C@@H]2O[C@H](CO)[C@@H](O)[C@H]2O)c(=O)[nH]1. The lowest BCUT2D eigenvalue weighted by Gasteiger charge is -2.19. The van der Waals surface area contributed by atoms with E-state index in [9.17, 15) is 58.2 Å². The molecule has 2 aliphatic heterocycles. The summed E-state index contributed by atoms with van der Waals surface area (Å²) in [5.74, 6) is -1.21. The van der Waals surface area contributed by atoms with Crippen LogP contribution in [0.15, 0.2) is 37.6 Å². The number of aliphatic hydroxyl groups is 6. The van der Waals surface area contributed by atoms with Gasteiger partial charge in [0.1, 0.15) is 36.6 Å². The lowest BCUT2D eigenvalue weighted by Crippen LogP contribution is -2.38. The van der Waals surface area contributed by atoms with Crippen molar-refractivity contribution < 1.29 is 86.5 Å². The van der Waals surface area contributed by atoms with Crippen LogP contribution in [0.2, 0.25) is 0 Å². The number of hydrogen-bond acceptors (Lipinski definition) is 18. The van der Waals surface area contributed by atoms with Gasteiger partial charge >= 0.3 is 34.8 Å². The maximum atomic E-state index is 11.9. The minimum Gasteiger partial charge on any atom is -0.396 e. The second-order valence-electron chi connectivity index (χ2n) is 9.32. The average molecular weight is 744 g/mol. The van der Waals surface area contributed by atoms with Crippen LogP contribution in [0.3, 0.4) is 0 Å². The van der Waals surface area contributed by atoms with Gasteiger partial charge in [-0.3, -0.25) is 33.6 Å². The summed E-state index contributed by atoms with van der Waals surface area (Å²) in [6, 6.07) is 1.09. The van der Waals surface area contributed by atoms with Gasteiger partial charge in [-0.15, -0.1) is 0 Å². The van der Waals surface area contributed by atoms with E-state index in [1.54, 1.807) is 4.98 Å². The number of nitrogens with zero attached hydrogens (tertiary/aromatic N) is 2. The van der Waals surface area contributed by atoms with E-state index < -0.39 is 114 Å². The maximum Gasteiger partial charge on any atom is 0.536 e. The first kappa shape index (κ1) is 38.7. The minimum atomic E-state index is -5.87. The average Bonchev–Trinajstić information content (AvgIpc) is 3.38. The first-order valence-corrected chi connectivity index (χ1v) is 16.9. The van der Waals surface area contributed by atoms with Crippen LogP contribution in [0.1, 0.15) is 12.5 Å². The van der Waals surface area contributed by atoms with Crippen molar-refractivity contribution in [1.29, 1.82) is 0 Å². The Kier molecular flexibility index (Phi) is 12.2. The molecule has 0 saturated carbocycles. The van der Waals surface area contributed by atoms with E-state index in [0.29, 0.717) is 10.8 Å². The summed E-state index contributed by atoms with van der Waals surface area (Å²) in [7, 11) is -17.3. The van der Waals surface area contributed by atoms with Gasteiger partial charge in [-0.2, -0.15) is 8.62 Å². The largest absolute Gasteiger partial charge is 0.536 e.